The van der Waals surface area contributed by atoms with Crippen LogP contribution in [0, 0.1) is 10.1 Å². The van der Waals surface area contributed by atoms with Crippen LogP contribution in [0.25, 0.3) is 0 Å². The van der Waals surface area contributed by atoms with Crippen LogP contribution in [0.15, 0.2) is 42.5 Å². The molecule has 0 saturated carbocycles. The second-order valence-corrected chi connectivity index (χ2v) is 6.11. The molecule has 2 aromatic carbocycles. The molecule has 0 fully saturated rings. The van der Waals surface area contributed by atoms with Gasteiger partial charge in [-0.3, -0.25) is 14.9 Å². The first-order valence-corrected chi connectivity index (χ1v) is 8.23. The third-order valence-electron chi connectivity index (χ3n) is 4.13. The van der Waals surface area contributed by atoms with Crippen LogP contribution >= 0.6 is 11.6 Å². The van der Waals surface area contributed by atoms with E-state index in [-0.39, 0.29) is 6.61 Å². The Morgan fingerprint density at radius 2 is 1.96 bits per heavy atom. The summed E-state index contributed by atoms with van der Waals surface area (Å²) in [7, 11) is 0. The lowest BCUT2D eigenvalue weighted by atomic mass is 9.81. The average molecular weight is 362 g/mol. The summed E-state index contributed by atoms with van der Waals surface area (Å²) in [5, 5.41) is 11.7. The van der Waals surface area contributed by atoms with Gasteiger partial charge in [-0.25, -0.2) is 0 Å². The molecule has 0 amide bonds. The number of para-hydroxylation sites is 1. The Hall–Kier alpha value is -2.60. The Morgan fingerprint density at radius 3 is 2.68 bits per heavy atom. The molecular weight excluding hydrogens is 346 g/mol. The first-order valence-electron chi connectivity index (χ1n) is 7.86. The lowest BCUT2D eigenvalue weighted by Crippen LogP contribution is -2.27. The van der Waals surface area contributed by atoms with Crippen molar-refractivity contribution < 1.29 is 19.2 Å². The summed E-state index contributed by atoms with van der Waals surface area (Å²) in [5.41, 5.74) is 1.10. The van der Waals surface area contributed by atoms with Crippen molar-refractivity contribution in [2.45, 2.75) is 18.8 Å². The number of rotatable bonds is 4. The van der Waals surface area contributed by atoms with Crippen molar-refractivity contribution in [1.29, 1.82) is 0 Å². The molecule has 0 aromatic heterocycles. The number of hydrogen-bond acceptors (Lipinski definition) is 5. The van der Waals surface area contributed by atoms with Gasteiger partial charge in [0, 0.05) is 21.1 Å². The fourth-order valence-electron chi connectivity index (χ4n) is 3.14. The van der Waals surface area contributed by atoms with Crippen molar-refractivity contribution in [3.63, 3.8) is 0 Å². The molecule has 1 aliphatic heterocycles. The highest BCUT2D eigenvalue weighted by molar-refractivity contribution is 6.30. The van der Waals surface area contributed by atoms with E-state index >= 15 is 0 Å². The zero-order chi connectivity index (χ0) is 18.0. The zero-order valence-electron chi connectivity index (χ0n) is 13.5. The van der Waals surface area contributed by atoms with Crippen LogP contribution in [-0.2, 0) is 9.53 Å². The zero-order valence-corrected chi connectivity index (χ0v) is 14.2. The Morgan fingerprint density at radius 1 is 1.24 bits per heavy atom. The summed E-state index contributed by atoms with van der Waals surface area (Å²) in [5.74, 6) is -1.18. The van der Waals surface area contributed by atoms with Gasteiger partial charge in [-0.2, -0.15) is 0 Å². The summed E-state index contributed by atoms with van der Waals surface area (Å²) in [6.07, 6.45) is 0. The summed E-state index contributed by atoms with van der Waals surface area (Å²) in [6.45, 7) is 1.45. The molecule has 0 N–H and O–H groups in total. The second kappa shape index (κ2) is 7.11. The summed E-state index contributed by atoms with van der Waals surface area (Å²) in [4.78, 5) is 23.5. The normalized spacial score (nSPS) is 18.3. The third kappa shape index (κ3) is 3.44. The van der Waals surface area contributed by atoms with Crippen molar-refractivity contribution in [2.75, 3.05) is 13.2 Å². The van der Waals surface area contributed by atoms with Crippen molar-refractivity contribution in [3.05, 3.63) is 68.7 Å². The molecule has 0 radical (unpaired) electrons. The quantitative estimate of drug-likeness (QED) is 0.464. The van der Waals surface area contributed by atoms with Gasteiger partial charge < -0.3 is 9.47 Å². The summed E-state index contributed by atoms with van der Waals surface area (Å²) < 4.78 is 11.1. The van der Waals surface area contributed by atoms with Crippen molar-refractivity contribution in [3.8, 4) is 11.5 Å². The molecule has 0 spiro atoms. The molecule has 25 heavy (non-hydrogen) atoms. The van der Waals surface area contributed by atoms with E-state index in [1.54, 1.807) is 49.4 Å². The first-order chi connectivity index (χ1) is 12.0. The molecule has 0 bridgehead atoms. The number of nitrogens with zero attached hydrogens (tertiary/aromatic N) is 1. The predicted octanol–water partition coefficient (Wildman–Crippen LogP) is 4.15. The summed E-state index contributed by atoms with van der Waals surface area (Å²) in [6, 6.07) is 11.9. The Labute approximate surface area is 149 Å². The molecule has 0 unspecified atom stereocenters. The van der Waals surface area contributed by atoms with E-state index in [2.05, 4.69) is 0 Å². The highest BCUT2D eigenvalue weighted by atomic mass is 35.5. The van der Waals surface area contributed by atoms with Crippen molar-refractivity contribution >= 4 is 17.6 Å². The topological polar surface area (TPSA) is 78.7 Å². The van der Waals surface area contributed by atoms with Gasteiger partial charge in [0.2, 0.25) is 6.54 Å². The highest BCUT2D eigenvalue weighted by Crippen LogP contribution is 2.47. The van der Waals surface area contributed by atoms with Crippen molar-refractivity contribution in [2.24, 2.45) is 0 Å². The fraction of sp³-hybridized carbons (Fsp3) is 0.278. The standard InChI is InChI=1S/C18H16ClNO5/c1-2-24-18(21)17-13-9-11(19)7-8-16(13)25-15-6-4-3-5-12(15)14(17)10-20(22)23/h3-9,14,17H,2,10H2,1H3/t14-,17-/m0/s1. The molecular formula is C18H16ClNO5. The largest absolute Gasteiger partial charge is 0.465 e. The maximum atomic E-state index is 12.7. The lowest BCUT2D eigenvalue weighted by Gasteiger charge is -2.22. The number of carbonyl (C=O) groups is 1. The maximum Gasteiger partial charge on any atom is 0.314 e. The highest BCUT2D eigenvalue weighted by Gasteiger charge is 2.41. The number of esters is 1. The Bertz CT molecular complexity index is 823. The molecule has 2 atom stereocenters. The Balaban J connectivity index is 2.23. The monoisotopic (exact) mass is 361 g/mol. The second-order valence-electron chi connectivity index (χ2n) is 5.67. The van der Waals surface area contributed by atoms with E-state index in [9.17, 15) is 14.9 Å². The van der Waals surface area contributed by atoms with Crippen LogP contribution in [-0.4, -0.2) is 24.0 Å². The minimum Gasteiger partial charge on any atom is -0.465 e. The number of carbonyl (C=O) groups excluding carboxylic acids is 1. The van der Waals surface area contributed by atoms with E-state index in [0.29, 0.717) is 27.6 Å². The number of fused-ring (bicyclic) bond motifs is 2. The van der Waals surface area contributed by atoms with Gasteiger partial charge in [0.05, 0.1) is 18.4 Å². The van der Waals surface area contributed by atoms with Gasteiger partial charge in [-0.15, -0.1) is 0 Å². The molecule has 3 rings (SSSR count). The van der Waals surface area contributed by atoms with Crippen LogP contribution in [0.4, 0.5) is 0 Å². The Kier molecular flexibility index (Phi) is 4.90. The lowest BCUT2D eigenvalue weighted by molar-refractivity contribution is -0.483. The number of ether oxygens (including phenoxy) is 2. The van der Waals surface area contributed by atoms with Crippen LogP contribution in [0.2, 0.25) is 5.02 Å². The molecule has 1 aliphatic rings. The third-order valence-corrected chi connectivity index (χ3v) is 4.37. The van der Waals surface area contributed by atoms with Gasteiger partial charge in [0.1, 0.15) is 11.5 Å². The molecule has 1 heterocycles. The SMILES string of the molecule is CCOC(=O)[C@H]1c2cc(Cl)ccc2Oc2ccccc2[C@@H]1C[N+](=O)[O-]. The molecule has 7 heteroatoms. The van der Waals surface area contributed by atoms with Crippen LogP contribution in [0.5, 0.6) is 11.5 Å². The smallest absolute Gasteiger partial charge is 0.314 e. The molecule has 6 nitrogen and oxygen atoms in total. The molecule has 0 saturated heterocycles. The van der Waals surface area contributed by atoms with Crippen molar-refractivity contribution in [1.82, 2.24) is 0 Å². The van der Waals surface area contributed by atoms with Crippen LogP contribution in [0.3, 0.4) is 0 Å². The molecule has 130 valence electrons. The van der Waals surface area contributed by atoms with Crippen LogP contribution in [0.1, 0.15) is 29.9 Å². The predicted molar refractivity (Wildman–Crippen MR) is 91.9 cm³/mol. The van der Waals surface area contributed by atoms with Gasteiger partial charge in [-0.05, 0) is 31.2 Å². The van der Waals surface area contributed by atoms with E-state index in [1.165, 1.54) is 0 Å². The molecule has 0 aliphatic carbocycles. The summed E-state index contributed by atoms with van der Waals surface area (Å²) >= 11 is 6.10. The fourth-order valence-corrected chi connectivity index (χ4v) is 3.32. The van der Waals surface area contributed by atoms with Gasteiger partial charge >= 0.3 is 5.97 Å². The minimum absolute atomic E-state index is 0.179. The van der Waals surface area contributed by atoms with Gasteiger partial charge in [0.25, 0.3) is 0 Å². The van der Waals surface area contributed by atoms with Gasteiger partial charge in [0.15, 0.2) is 0 Å². The van der Waals surface area contributed by atoms with E-state index in [0.717, 1.165) is 0 Å². The number of halogens is 1. The molecule has 2 aromatic rings. The number of hydrogen-bond donors (Lipinski definition) is 0. The number of nitro groups is 1. The van der Waals surface area contributed by atoms with Gasteiger partial charge in [-0.1, -0.05) is 29.8 Å². The maximum absolute atomic E-state index is 12.7. The van der Waals surface area contributed by atoms with Crippen LogP contribution < -0.4 is 4.74 Å². The minimum atomic E-state index is -0.873. The average Bonchev–Trinajstić information content (AvgIpc) is 2.69. The first kappa shape index (κ1) is 17.2. The van der Waals surface area contributed by atoms with E-state index < -0.39 is 29.3 Å². The van der Waals surface area contributed by atoms with E-state index in [1.807, 2.05) is 0 Å². The van der Waals surface area contributed by atoms with E-state index in [4.69, 9.17) is 21.1 Å². The number of benzene rings is 2.